The molecular weight excluding hydrogens is 388 g/mol. The van der Waals surface area contributed by atoms with Gasteiger partial charge in [0, 0.05) is 44.6 Å². The van der Waals surface area contributed by atoms with Crippen molar-refractivity contribution in [2.45, 2.75) is 49.1 Å². The second-order valence-corrected chi connectivity index (χ2v) is 10.3. The van der Waals surface area contributed by atoms with Crippen LogP contribution in [-0.4, -0.2) is 65.9 Å². The van der Waals surface area contributed by atoms with Gasteiger partial charge in [0.2, 0.25) is 15.9 Å². The van der Waals surface area contributed by atoms with Crippen LogP contribution in [0.2, 0.25) is 0 Å². The predicted octanol–water partition coefficient (Wildman–Crippen LogP) is 2.19. The highest BCUT2D eigenvalue weighted by Crippen LogP contribution is 2.38. The van der Waals surface area contributed by atoms with E-state index in [4.69, 9.17) is 4.74 Å². The Balaban J connectivity index is 1.22. The van der Waals surface area contributed by atoms with Gasteiger partial charge in [0.05, 0.1) is 23.0 Å². The summed E-state index contributed by atoms with van der Waals surface area (Å²) in [5.41, 5.74) is 2.11. The largest absolute Gasteiger partial charge is 0.472 e. The minimum Gasteiger partial charge on any atom is -0.472 e. The number of benzene rings is 1. The van der Waals surface area contributed by atoms with Gasteiger partial charge in [-0.1, -0.05) is 17.7 Å². The van der Waals surface area contributed by atoms with E-state index < -0.39 is 10.0 Å². The van der Waals surface area contributed by atoms with Crippen LogP contribution in [0.3, 0.4) is 0 Å². The number of piperazine rings is 1. The molecule has 3 fully saturated rings. The highest BCUT2D eigenvalue weighted by atomic mass is 32.2. The van der Waals surface area contributed by atoms with E-state index in [1.807, 2.05) is 25.3 Å². The highest BCUT2D eigenvalue weighted by molar-refractivity contribution is 7.89. The second-order valence-electron chi connectivity index (χ2n) is 8.35. The lowest BCUT2D eigenvalue weighted by Crippen LogP contribution is -2.51. The molecule has 2 atom stereocenters. The van der Waals surface area contributed by atoms with Gasteiger partial charge < -0.3 is 4.74 Å². The molecule has 0 unspecified atom stereocenters. The molecule has 0 bridgehead atoms. The highest BCUT2D eigenvalue weighted by Gasteiger charge is 2.40. The lowest BCUT2D eigenvalue weighted by atomic mass is 10.2. The minimum atomic E-state index is -3.46. The van der Waals surface area contributed by atoms with Crippen LogP contribution >= 0.6 is 0 Å². The standard InChI is InChI=1S/C21H26N4O3S/c1-15-2-6-19(7-3-15)29(26,27)25-9-8-24-14-18(10-17(24)13-25)28-21-12-22-20(11-23-21)16-4-5-16/h2-3,6-7,11-12,16-18H,4-5,8-10,13-14H2,1H3/t17-,18-/m0/s1. The molecular formula is C21H26N4O3S. The number of hydrogen-bond donors (Lipinski definition) is 0. The SMILES string of the molecule is Cc1ccc(S(=O)(=O)N2CCN3C[C@@H](Oc4cnc(C5CC5)cn4)C[C@H]3C2)cc1. The van der Waals surface area contributed by atoms with E-state index in [-0.39, 0.29) is 12.1 Å². The summed E-state index contributed by atoms with van der Waals surface area (Å²) in [6.45, 7) is 4.49. The molecule has 2 saturated heterocycles. The maximum atomic E-state index is 13.0. The molecule has 0 radical (unpaired) electrons. The van der Waals surface area contributed by atoms with Gasteiger partial charge in [-0.3, -0.25) is 9.88 Å². The first-order chi connectivity index (χ1) is 14.0. The zero-order valence-corrected chi connectivity index (χ0v) is 17.4. The second kappa shape index (κ2) is 7.34. The number of aromatic nitrogens is 2. The summed E-state index contributed by atoms with van der Waals surface area (Å²) in [5.74, 6) is 1.14. The molecule has 29 heavy (non-hydrogen) atoms. The van der Waals surface area contributed by atoms with Crippen molar-refractivity contribution in [1.29, 1.82) is 0 Å². The van der Waals surface area contributed by atoms with Gasteiger partial charge in [-0.15, -0.1) is 0 Å². The van der Waals surface area contributed by atoms with E-state index in [9.17, 15) is 8.42 Å². The van der Waals surface area contributed by atoms with Crippen LogP contribution in [0, 0.1) is 6.92 Å². The summed E-state index contributed by atoms with van der Waals surface area (Å²) in [4.78, 5) is 11.6. The van der Waals surface area contributed by atoms with Crippen molar-refractivity contribution in [2.75, 3.05) is 26.2 Å². The minimum absolute atomic E-state index is 0.0168. The summed E-state index contributed by atoms with van der Waals surface area (Å²) in [6.07, 6.45) is 6.77. The van der Waals surface area contributed by atoms with Crippen LogP contribution in [0.15, 0.2) is 41.6 Å². The number of nitrogens with zero attached hydrogens (tertiary/aromatic N) is 4. The molecule has 7 nitrogen and oxygen atoms in total. The normalized spacial score (nSPS) is 25.7. The monoisotopic (exact) mass is 414 g/mol. The molecule has 3 heterocycles. The molecule has 154 valence electrons. The third-order valence-corrected chi connectivity index (χ3v) is 8.01. The summed E-state index contributed by atoms with van der Waals surface area (Å²) in [7, 11) is -3.46. The molecule has 1 aromatic heterocycles. The lowest BCUT2D eigenvalue weighted by molar-refractivity contribution is 0.151. The molecule has 1 aromatic carbocycles. The van der Waals surface area contributed by atoms with E-state index in [1.165, 1.54) is 12.8 Å². The van der Waals surface area contributed by atoms with Gasteiger partial charge in [-0.2, -0.15) is 4.31 Å². The van der Waals surface area contributed by atoms with Crippen molar-refractivity contribution in [3.8, 4) is 5.88 Å². The van der Waals surface area contributed by atoms with Crippen LogP contribution in [-0.2, 0) is 10.0 Å². The van der Waals surface area contributed by atoms with Crippen molar-refractivity contribution in [1.82, 2.24) is 19.2 Å². The van der Waals surface area contributed by atoms with Crippen LogP contribution in [0.25, 0.3) is 0 Å². The first-order valence-corrected chi connectivity index (χ1v) is 11.7. The summed E-state index contributed by atoms with van der Waals surface area (Å²) >= 11 is 0. The number of rotatable bonds is 5. The number of ether oxygens (including phenoxy) is 1. The molecule has 5 rings (SSSR count). The van der Waals surface area contributed by atoms with Gasteiger partial charge >= 0.3 is 0 Å². The van der Waals surface area contributed by atoms with E-state index in [2.05, 4.69) is 14.9 Å². The molecule has 8 heteroatoms. The summed E-state index contributed by atoms with van der Waals surface area (Å²) in [6, 6.07) is 7.26. The Hall–Kier alpha value is -2.03. The average molecular weight is 415 g/mol. The van der Waals surface area contributed by atoms with Crippen LogP contribution in [0.4, 0.5) is 0 Å². The Bertz CT molecular complexity index is 974. The summed E-state index contributed by atoms with van der Waals surface area (Å²) < 4.78 is 33.7. The number of hydrogen-bond acceptors (Lipinski definition) is 6. The fraction of sp³-hybridized carbons (Fsp3) is 0.524. The Morgan fingerprint density at radius 1 is 1.03 bits per heavy atom. The van der Waals surface area contributed by atoms with E-state index in [0.29, 0.717) is 29.8 Å². The molecule has 2 aliphatic heterocycles. The third kappa shape index (κ3) is 3.89. The first-order valence-electron chi connectivity index (χ1n) is 10.3. The smallest absolute Gasteiger partial charge is 0.243 e. The average Bonchev–Trinajstić information content (AvgIpc) is 3.48. The maximum absolute atomic E-state index is 13.0. The summed E-state index contributed by atoms with van der Waals surface area (Å²) in [5, 5.41) is 0. The van der Waals surface area contributed by atoms with Crippen molar-refractivity contribution < 1.29 is 13.2 Å². The van der Waals surface area contributed by atoms with Crippen molar-refractivity contribution in [2.24, 2.45) is 0 Å². The molecule has 2 aromatic rings. The number of fused-ring (bicyclic) bond motifs is 1. The third-order valence-electron chi connectivity index (χ3n) is 6.13. The van der Waals surface area contributed by atoms with E-state index in [1.54, 1.807) is 22.6 Å². The zero-order chi connectivity index (χ0) is 20.0. The zero-order valence-electron chi connectivity index (χ0n) is 16.6. The molecule has 0 spiro atoms. The number of sulfonamides is 1. The molecule has 1 saturated carbocycles. The molecule has 0 N–H and O–H groups in total. The maximum Gasteiger partial charge on any atom is 0.243 e. The topological polar surface area (TPSA) is 75.6 Å². The molecule has 0 amide bonds. The van der Waals surface area contributed by atoms with E-state index >= 15 is 0 Å². The Morgan fingerprint density at radius 3 is 2.52 bits per heavy atom. The van der Waals surface area contributed by atoms with Crippen molar-refractivity contribution in [3.05, 3.63) is 47.9 Å². The van der Waals surface area contributed by atoms with Crippen LogP contribution < -0.4 is 4.74 Å². The first kappa shape index (κ1) is 19.0. The van der Waals surface area contributed by atoms with Gasteiger partial charge in [-0.25, -0.2) is 13.4 Å². The van der Waals surface area contributed by atoms with Gasteiger partial charge in [0.1, 0.15) is 6.10 Å². The molecule has 3 aliphatic rings. The number of aryl methyl sites for hydroxylation is 1. The van der Waals surface area contributed by atoms with Crippen LogP contribution in [0.5, 0.6) is 5.88 Å². The Kier molecular flexibility index (Phi) is 4.80. The quantitative estimate of drug-likeness (QED) is 0.747. The fourth-order valence-corrected chi connectivity index (χ4v) is 5.75. The van der Waals surface area contributed by atoms with Gasteiger partial charge in [0.15, 0.2) is 0 Å². The Labute approximate surface area is 171 Å². The van der Waals surface area contributed by atoms with Crippen molar-refractivity contribution >= 4 is 10.0 Å². The van der Waals surface area contributed by atoms with Gasteiger partial charge in [0.25, 0.3) is 0 Å². The molecule has 1 aliphatic carbocycles. The van der Waals surface area contributed by atoms with E-state index in [0.717, 1.165) is 30.8 Å². The lowest BCUT2D eigenvalue weighted by Gasteiger charge is -2.36. The van der Waals surface area contributed by atoms with Crippen LogP contribution in [0.1, 0.15) is 36.4 Å². The van der Waals surface area contributed by atoms with Gasteiger partial charge in [-0.05, 0) is 31.9 Å². The Morgan fingerprint density at radius 2 is 1.83 bits per heavy atom. The predicted molar refractivity (Wildman–Crippen MR) is 108 cm³/mol. The fourth-order valence-electron chi connectivity index (χ4n) is 4.28. The van der Waals surface area contributed by atoms with Crippen molar-refractivity contribution in [3.63, 3.8) is 0 Å².